The summed E-state index contributed by atoms with van der Waals surface area (Å²) in [5.74, 6) is 1.56. The fraction of sp³-hybridized carbons (Fsp3) is 0.174. The molecule has 0 aliphatic heterocycles. The second-order valence-corrected chi connectivity index (χ2v) is 8.01. The van der Waals surface area contributed by atoms with Gasteiger partial charge in [0.05, 0.1) is 12.0 Å². The molecule has 0 unspecified atom stereocenters. The zero-order chi connectivity index (χ0) is 19.9. The summed E-state index contributed by atoms with van der Waals surface area (Å²) in [7, 11) is 1.64. The van der Waals surface area contributed by atoms with Gasteiger partial charge in [0.2, 0.25) is 0 Å². The molecule has 0 radical (unpaired) electrons. The Labute approximate surface area is 177 Å². The van der Waals surface area contributed by atoms with E-state index in [0.717, 1.165) is 33.5 Å². The molecular weight excluding hydrogens is 436 g/mol. The second kappa shape index (κ2) is 9.71. The molecular formula is C23H21BrO3S. The Kier molecular flexibility index (Phi) is 7.06. The summed E-state index contributed by atoms with van der Waals surface area (Å²) in [4.78, 5) is 13.0. The number of methoxy groups -OCH3 is 1. The van der Waals surface area contributed by atoms with Crippen molar-refractivity contribution < 1.29 is 14.3 Å². The van der Waals surface area contributed by atoms with Gasteiger partial charge in [-0.1, -0.05) is 31.2 Å². The van der Waals surface area contributed by atoms with Gasteiger partial charge in [-0.15, -0.1) is 11.3 Å². The largest absolute Gasteiger partial charge is 0.496 e. The number of ether oxygens (including phenoxy) is 2. The molecule has 0 aliphatic carbocycles. The van der Waals surface area contributed by atoms with Gasteiger partial charge in [-0.3, -0.25) is 4.79 Å². The highest BCUT2D eigenvalue weighted by atomic mass is 79.9. The van der Waals surface area contributed by atoms with E-state index < -0.39 is 0 Å². The lowest BCUT2D eigenvalue weighted by atomic mass is 10.1. The van der Waals surface area contributed by atoms with Crippen molar-refractivity contribution >= 4 is 39.1 Å². The average Bonchev–Trinajstić information content (AvgIpc) is 3.17. The minimum atomic E-state index is -0.0136. The van der Waals surface area contributed by atoms with E-state index in [2.05, 4.69) is 35.0 Å². The Hall–Kier alpha value is -2.37. The van der Waals surface area contributed by atoms with E-state index in [0.29, 0.717) is 11.5 Å². The Balaban J connectivity index is 1.71. The van der Waals surface area contributed by atoms with Crippen LogP contribution in [0, 0.1) is 0 Å². The molecule has 28 heavy (non-hydrogen) atoms. The molecule has 0 aliphatic rings. The van der Waals surface area contributed by atoms with Crippen LogP contribution in [0.15, 0.2) is 64.5 Å². The maximum atomic E-state index is 12.3. The topological polar surface area (TPSA) is 35.5 Å². The number of hydrogen-bond acceptors (Lipinski definition) is 4. The molecule has 144 valence electrons. The Morgan fingerprint density at radius 3 is 2.57 bits per heavy atom. The Morgan fingerprint density at radius 1 is 1.14 bits per heavy atom. The highest BCUT2D eigenvalue weighted by Crippen LogP contribution is 2.24. The number of halogens is 1. The third-order valence-electron chi connectivity index (χ3n) is 4.27. The molecule has 5 heteroatoms. The summed E-state index contributed by atoms with van der Waals surface area (Å²) in [6, 6.07) is 15.7. The monoisotopic (exact) mass is 456 g/mol. The van der Waals surface area contributed by atoms with Crippen molar-refractivity contribution in [2.75, 3.05) is 7.11 Å². The quantitative estimate of drug-likeness (QED) is 0.284. The van der Waals surface area contributed by atoms with E-state index in [1.165, 1.54) is 16.9 Å². The summed E-state index contributed by atoms with van der Waals surface area (Å²) in [6.45, 7) is 2.52. The zero-order valence-corrected chi connectivity index (χ0v) is 18.2. The van der Waals surface area contributed by atoms with Crippen LogP contribution in [0.2, 0.25) is 0 Å². The molecule has 0 saturated heterocycles. The van der Waals surface area contributed by atoms with Gasteiger partial charge in [-0.05, 0) is 69.9 Å². The first-order chi connectivity index (χ1) is 13.6. The van der Waals surface area contributed by atoms with Crippen LogP contribution >= 0.6 is 27.3 Å². The number of thiophene rings is 1. The van der Waals surface area contributed by atoms with Crippen molar-refractivity contribution in [1.82, 2.24) is 0 Å². The average molecular weight is 457 g/mol. The van der Waals surface area contributed by atoms with Crippen LogP contribution in [-0.4, -0.2) is 12.9 Å². The van der Waals surface area contributed by atoms with Crippen molar-refractivity contribution in [3.05, 3.63) is 86.0 Å². The Morgan fingerprint density at radius 2 is 1.93 bits per heavy atom. The first kappa shape index (κ1) is 20.4. The number of benzene rings is 2. The fourth-order valence-corrected chi connectivity index (χ4v) is 4.04. The van der Waals surface area contributed by atoms with Crippen LogP contribution < -0.4 is 9.47 Å². The first-order valence-electron chi connectivity index (χ1n) is 8.94. The van der Waals surface area contributed by atoms with Crippen molar-refractivity contribution in [3.63, 3.8) is 0 Å². The lowest BCUT2D eigenvalue weighted by Crippen LogP contribution is -1.99. The fourth-order valence-electron chi connectivity index (χ4n) is 2.69. The minimum absolute atomic E-state index is 0.0136. The second-order valence-electron chi connectivity index (χ2n) is 6.18. The van der Waals surface area contributed by atoms with Crippen LogP contribution in [-0.2, 0) is 13.0 Å². The zero-order valence-electron chi connectivity index (χ0n) is 15.8. The highest BCUT2D eigenvalue weighted by Gasteiger charge is 2.07. The van der Waals surface area contributed by atoms with Crippen molar-refractivity contribution in [2.45, 2.75) is 20.0 Å². The lowest BCUT2D eigenvalue weighted by molar-refractivity contribution is 0.105. The van der Waals surface area contributed by atoms with Gasteiger partial charge in [0.25, 0.3) is 0 Å². The molecule has 0 atom stereocenters. The molecule has 0 fully saturated rings. The number of aryl methyl sites for hydroxylation is 1. The van der Waals surface area contributed by atoms with Crippen LogP contribution in [0.1, 0.15) is 33.3 Å². The molecule has 3 aromatic rings. The van der Waals surface area contributed by atoms with Crippen LogP contribution in [0.25, 0.3) is 6.08 Å². The van der Waals surface area contributed by atoms with E-state index in [9.17, 15) is 4.79 Å². The number of rotatable bonds is 8. The maximum absolute atomic E-state index is 12.3. The van der Waals surface area contributed by atoms with E-state index in [4.69, 9.17) is 9.47 Å². The van der Waals surface area contributed by atoms with E-state index in [-0.39, 0.29) is 5.78 Å². The summed E-state index contributed by atoms with van der Waals surface area (Å²) in [6.07, 6.45) is 4.41. The number of hydrogen-bond donors (Lipinski definition) is 0. The number of ketones is 1. The summed E-state index contributed by atoms with van der Waals surface area (Å²) < 4.78 is 12.3. The number of carbonyl (C=O) groups excluding carboxylic acids is 1. The molecule has 0 bridgehead atoms. The smallest absolute Gasteiger partial charge is 0.195 e. The van der Waals surface area contributed by atoms with Crippen LogP contribution in [0.5, 0.6) is 11.5 Å². The van der Waals surface area contributed by atoms with E-state index in [1.807, 2.05) is 47.9 Å². The van der Waals surface area contributed by atoms with E-state index >= 15 is 0 Å². The van der Waals surface area contributed by atoms with Gasteiger partial charge in [0.1, 0.15) is 18.1 Å². The van der Waals surface area contributed by atoms with Gasteiger partial charge in [0, 0.05) is 15.4 Å². The standard InChI is InChI=1S/C23H21BrO3S/c1-3-16-4-8-20(9-5-16)27-14-18-12-17(7-11-22(18)26-2)6-10-21(25)23-13-19(24)15-28-23/h4-13,15H,3,14H2,1-2H3/b10-6+. The highest BCUT2D eigenvalue weighted by molar-refractivity contribution is 9.10. The van der Waals surface area contributed by atoms with Crippen LogP contribution in [0.3, 0.4) is 0 Å². The molecule has 1 heterocycles. The molecule has 0 N–H and O–H groups in total. The van der Waals surface area contributed by atoms with E-state index in [1.54, 1.807) is 13.2 Å². The Bertz CT molecular complexity index is 974. The van der Waals surface area contributed by atoms with Gasteiger partial charge in [-0.2, -0.15) is 0 Å². The van der Waals surface area contributed by atoms with Gasteiger partial charge < -0.3 is 9.47 Å². The van der Waals surface area contributed by atoms with Crippen molar-refractivity contribution in [2.24, 2.45) is 0 Å². The maximum Gasteiger partial charge on any atom is 0.195 e. The third kappa shape index (κ3) is 5.33. The lowest BCUT2D eigenvalue weighted by Gasteiger charge is -2.11. The molecule has 2 aromatic carbocycles. The molecule has 3 rings (SSSR count). The van der Waals surface area contributed by atoms with Crippen molar-refractivity contribution in [1.29, 1.82) is 0 Å². The molecule has 3 nitrogen and oxygen atoms in total. The van der Waals surface area contributed by atoms with Gasteiger partial charge in [-0.25, -0.2) is 0 Å². The molecule has 0 saturated carbocycles. The minimum Gasteiger partial charge on any atom is -0.496 e. The predicted octanol–water partition coefficient (Wildman–Crippen LogP) is 6.56. The summed E-state index contributed by atoms with van der Waals surface area (Å²) in [5, 5.41) is 1.90. The summed E-state index contributed by atoms with van der Waals surface area (Å²) in [5.41, 5.74) is 3.12. The van der Waals surface area contributed by atoms with Gasteiger partial charge >= 0.3 is 0 Å². The normalized spacial score (nSPS) is 11.0. The third-order valence-corrected chi connectivity index (χ3v) is 5.97. The first-order valence-corrected chi connectivity index (χ1v) is 10.6. The van der Waals surface area contributed by atoms with Crippen LogP contribution in [0.4, 0.5) is 0 Å². The molecule has 0 amide bonds. The number of carbonyl (C=O) groups is 1. The molecule has 0 spiro atoms. The summed E-state index contributed by atoms with van der Waals surface area (Å²) >= 11 is 4.80. The SMILES string of the molecule is CCc1ccc(OCc2cc(/C=C/C(=O)c3cc(Br)cs3)ccc2OC)cc1. The number of allylic oxidation sites excluding steroid dienone is 1. The predicted molar refractivity (Wildman–Crippen MR) is 119 cm³/mol. The van der Waals surface area contributed by atoms with Gasteiger partial charge in [0.15, 0.2) is 5.78 Å². The molecule has 1 aromatic heterocycles. The van der Waals surface area contributed by atoms with Crippen molar-refractivity contribution in [3.8, 4) is 11.5 Å².